The van der Waals surface area contributed by atoms with E-state index in [0.717, 1.165) is 128 Å². The summed E-state index contributed by atoms with van der Waals surface area (Å²) in [6.07, 6.45) is 95.9. The molecular weight excluding hydrogens is 997 g/mol. The topological polar surface area (TPSA) is 78.9 Å². The van der Waals surface area contributed by atoms with Gasteiger partial charge in [0.2, 0.25) is 0 Å². The molecule has 0 aliphatic heterocycles. The van der Waals surface area contributed by atoms with Gasteiger partial charge in [0.05, 0.1) is 0 Å². The van der Waals surface area contributed by atoms with Crippen LogP contribution in [0, 0.1) is 0 Å². The number of hydrogen-bond acceptors (Lipinski definition) is 6. The van der Waals surface area contributed by atoms with Crippen LogP contribution in [0.4, 0.5) is 0 Å². The van der Waals surface area contributed by atoms with Crippen LogP contribution < -0.4 is 0 Å². The molecule has 1 atom stereocenters. The first-order valence-corrected chi connectivity index (χ1v) is 33.7. The summed E-state index contributed by atoms with van der Waals surface area (Å²) in [7, 11) is 0. The van der Waals surface area contributed by atoms with Gasteiger partial charge in [-0.25, -0.2) is 0 Å². The fraction of sp³-hybridized carbons (Fsp3) is 0.667. The summed E-state index contributed by atoms with van der Waals surface area (Å²) >= 11 is 0. The van der Waals surface area contributed by atoms with E-state index in [1.807, 2.05) is 0 Å². The second-order valence-electron chi connectivity index (χ2n) is 22.0. The highest BCUT2D eigenvalue weighted by atomic mass is 16.6. The predicted molar refractivity (Wildman–Crippen MR) is 353 cm³/mol. The molecule has 6 nitrogen and oxygen atoms in total. The van der Waals surface area contributed by atoms with Crippen molar-refractivity contribution in [3.63, 3.8) is 0 Å². The molecule has 0 aliphatic rings. The summed E-state index contributed by atoms with van der Waals surface area (Å²) in [6.45, 7) is 6.47. The maximum absolute atomic E-state index is 12.9. The average Bonchev–Trinajstić information content (AvgIpc) is 3.47. The monoisotopic (exact) mass is 1120 g/mol. The van der Waals surface area contributed by atoms with E-state index in [-0.39, 0.29) is 31.1 Å². The first-order chi connectivity index (χ1) is 40.0. The molecule has 0 N–H and O–H groups in total. The van der Waals surface area contributed by atoms with E-state index in [1.165, 1.54) is 135 Å². The Morgan fingerprint density at radius 1 is 0.259 bits per heavy atom. The molecule has 0 bridgehead atoms. The van der Waals surface area contributed by atoms with Crippen molar-refractivity contribution in [2.24, 2.45) is 0 Å². The molecule has 0 rings (SSSR count). The van der Waals surface area contributed by atoms with Gasteiger partial charge in [-0.05, 0) is 141 Å². The normalized spacial score (nSPS) is 13.0. The molecule has 460 valence electrons. The summed E-state index contributed by atoms with van der Waals surface area (Å²) in [4.78, 5) is 38.4. The molecule has 0 spiro atoms. The van der Waals surface area contributed by atoms with Crippen molar-refractivity contribution in [1.29, 1.82) is 0 Å². The highest BCUT2D eigenvalue weighted by Crippen LogP contribution is 2.15. The minimum Gasteiger partial charge on any atom is -0.462 e. The molecule has 0 aromatic carbocycles. The van der Waals surface area contributed by atoms with Gasteiger partial charge in [0.15, 0.2) is 6.10 Å². The third-order valence-corrected chi connectivity index (χ3v) is 14.1. The Bertz CT molecular complexity index is 1720. The Labute approximate surface area is 500 Å². The zero-order valence-electron chi connectivity index (χ0n) is 52.8. The Morgan fingerprint density at radius 2 is 0.481 bits per heavy atom. The largest absolute Gasteiger partial charge is 0.462 e. The lowest BCUT2D eigenvalue weighted by Gasteiger charge is -2.18. The lowest BCUT2D eigenvalue weighted by molar-refractivity contribution is -0.167. The molecular formula is C75H124O6. The summed E-state index contributed by atoms with van der Waals surface area (Å²) in [5.41, 5.74) is 0. The quantitative estimate of drug-likeness (QED) is 0.0261. The van der Waals surface area contributed by atoms with Gasteiger partial charge in [-0.15, -0.1) is 0 Å². The summed E-state index contributed by atoms with van der Waals surface area (Å²) in [5.74, 6) is -0.938. The summed E-state index contributed by atoms with van der Waals surface area (Å²) in [5, 5.41) is 0. The van der Waals surface area contributed by atoms with Crippen molar-refractivity contribution in [3.8, 4) is 0 Å². The number of allylic oxidation sites excluding steroid dienone is 22. The zero-order chi connectivity index (χ0) is 58.5. The van der Waals surface area contributed by atoms with Crippen molar-refractivity contribution < 1.29 is 28.6 Å². The molecule has 0 fully saturated rings. The fourth-order valence-corrected chi connectivity index (χ4v) is 9.07. The molecule has 6 heteroatoms. The third-order valence-electron chi connectivity index (χ3n) is 14.1. The number of unbranched alkanes of at least 4 members (excludes halogenated alkanes) is 27. The van der Waals surface area contributed by atoms with Crippen molar-refractivity contribution in [2.75, 3.05) is 13.2 Å². The van der Waals surface area contributed by atoms with Crippen LogP contribution in [0.3, 0.4) is 0 Å². The molecule has 0 amide bonds. The first-order valence-electron chi connectivity index (χ1n) is 33.7. The Morgan fingerprint density at radius 3 is 0.790 bits per heavy atom. The predicted octanol–water partition coefficient (Wildman–Crippen LogP) is 23.3. The van der Waals surface area contributed by atoms with Gasteiger partial charge in [0, 0.05) is 19.3 Å². The van der Waals surface area contributed by atoms with Gasteiger partial charge in [-0.1, -0.05) is 276 Å². The molecule has 0 heterocycles. The number of carbonyl (C=O) groups excluding carboxylic acids is 3. The van der Waals surface area contributed by atoms with Crippen LogP contribution in [-0.4, -0.2) is 37.2 Å². The molecule has 0 aromatic heterocycles. The van der Waals surface area contributed by atoms with Crippen LogP contribution in [0.25, 0.3) is 0 Å². The van der Waals surface area contributed by atoms with Crippen molar-refractivity contribution in [2.45, 2.75) is 309 Å². The van der Waals surface area contributed by atoms with E-state index in [9.17, 15) is 14.4 Å². The smallest absolute Gasteiger partial charge is 0.306 e. The second-order valence-corrected chi connectivity index (χ2v) is 22.0. The fourth-order valence-electron chi connectivity index (χ4n) is 9.07. The van der Waals surface area contributed by atoms with E-state index < -0.39 is 6.10 Å². The van der Waals surface area contributed by atoms with Crippen LogP contribution in [0.1, 0.15) is 303 Å². The first kappa shape index (κ1) is 76.5. The standard InChI is InChI=1S/C75H124O6/c1-4-7-10-13-16-19-22-25-28-31-33-35-36-37-38-40-41-44-47-50-53-56-59-62-65-68-74(77)80-71-72(70-79-73(76)67-64-61-58-55-52-49-46-43-30-27-24-21-18-15-12-9-6-3)81-75(78)69-66-63-60-57-54-51-48-45-42-39-34-32-29-26-23-20-17-14-11-8-5-2/h7,10,16,18-19,21,23,25-28,30,32-35,37-38,41,44,50,53,72H,4-6,8-9,11-15,17,20,22,24,29,31,36,39-40,42-43,45-49,51-52,54-71H2,1-3H3/b10-7-,19-16-,21-18-,26-23-,28-25-,30-27-,34-32-,35-33-,38-37-,44-41-,53-50-. The lowest BCUT2D eigenvalue weighted by atomic mass is 10.1. The van der Waals surface area contributed by atoms with Crippen LogP contribution >= 0.6 is 0 Å². The van der Waals surface area contributed by atoms with E-state index in [1.54, 1.807) is 0 Å². The average molecular weight is 1120 g/mol. The van der Waals surface area contributed by atoms with Crippen LogP contribution in [0.15, 0.2) is 134 Å². The Kier molecular flexibility index (Phi) is 64.3. The molecule has 0 saturated carbocycles. The molecule has 81 heavy (non-hydrogen) atoms. The maximum atomic E-state index is 12.9. The second kappa shape index (κ2) is 68.1. The van der Waals surface area contributed by atoms with Gasteiger partial charge in [0.25, 0.3) is 0 Å². The highest BCUT2D eigenvalue weighted by molar-refractivity contribution is 5.71. The summed E-state index contributed by atoms with van der Waals surface area (Å²) < 4.78 is 16.9. The molecule has 0 radical (unpaired) electrons. The molecule has 0 aromatic rings. The van der Waals surface area contributed by atoms with Crippen LogP contribution in [0.5, 0.6) is 0 Å². The molecule has 0 aliphatic carbocycles. The number of ether oxygens (including phenoxy) is 3. The van der Waals surface area contributed by atoms with E-state index in [2.05, 4.69) is 154 Å². The van der Waals surface area contributed by atoms with Crippen LogP contribution in [0.2, 0.25) is 0 Å². The minimum atomic E-state index is -0.805. The minimum absolute atomic E-state index is 0.0978. The van der Waals surface area contributed by atoms with Crippen molar-refractivity contribution >= 4 is 17.9 Å². The van der Waals surface area contributed by atoms with Gasteiger partial charge < -0.3 is 14.2 Å². The van der Waals surface area contributed by atoms with Crippen LogP contribution in [-0.2, 0) is 28.6 Å². The van der Waals surface area contributed by atoms with Gasteiger partial charge in [-0.2, -0.15) is 0 Å². The SMILES string of the molecule is CC/C=C\C/C=C\C/C=C\C/C=C\C/C=C\C/C=C\C/C=C\CCCCCC(=O)OCC(COC(=O)CCCCCCCCC/C=C\C/C=C\CCCCC)OC(=O)CCCCCCCCCCC/C=C\C/C=C\CCCCCCC. The lowest BCUT2D eigenvalue weighted by Crippen LogP contribution is -2.30. The van der Waals surface area contributed by atoms with E-state index in [0.29, 0.717) is 19.3 Å². The van der Waals surface area contributed by atoms with Crippen molar-refractivity contribution in [3.05, 3.63) is 134 Å². The Hall–Kier alpha value is -4.45. The van der Waals surface area contributed by atoms with Gasteiger partial charge in [0.1, 0.15) is 13.2 Å². The third kappa shape index (κ3) is 66.2. The highest BCUT2D eigenvalue weighted by Gasteiger charge is 2.19. The number of carbonyl (C=O) groups is 3. The molecule has 0 saturated heterocycles. The maximum Gasteiger partial charge on any atom is 0.306 e. The number of rotatable bonds is 60. The summed E-state index contributed by atoms with van der Waals surface area (Å²) in [6, 6.07) is 0. The van der Waals surface area contributed by atoms with E-state index >= 15 is 0 Å². The van der Waals surface area contributed by atoms with Crippen molar-refractivity contribution in [1.82, 2.24) is 0 Å². The molecule has 1 unspecified atom stereocenters. The Balaban J connectivity index is 4.48. The zero-order valence-corrected chi connectivity index (χ0v) is 52.8. The van der Waals surface area contributed by atoms with Gasteiger partial charge >= 0.3 is 17.9 Å². The van der Waals surface area contributed by atoms with Gasteiger partial charge in [-0.3, -0.25) is 14.4 Å². The van der Waals surface area contributed by atoms with E-state index in [4.69, 9.17) is 14.2 Å². The number of esters is 3. The number of hydrogen-bond donors (Lipinski definition) is 0.